The molecule has 0 spiro atoms. The summed E-state index contributed by atoms with van der Waals surface area (Å²) in [7, 11) is 0. The van der Waals surface area contributed by atoms with Crippen LogP contribution in [-0.2, 0) is 24.4 Å². The molecule has 0 aliphatic carbocycles. The van der Waals surface area contributed by atoms with Crippen LogP contribution in [0, 0.1) is 6.92 Å². The van der Waals surface area contributed by atoms with Crippen LogP contribution in [0.1, 0.15) is 45.8 Å². The molecule has 190 valence electrons. The maximum atomic E-state index is 13.7. The number of hydrogen-bond acceptors (Lipinski definition) is 3. The van der Waals surface area contributed by atoms with Crippen LogP contribution in [0.25, 0.3) is 5.65 Å². The smallest absolute Gasteiger partial charge is 0.223 e. The summed E-state index contributed by atoms with van der Waals surface area (Å²) in [6, 6.07) is 30.8. The van der Waals surface area contributed by atoms with Gasteiger partial charge in [-0.05, 0) is 53.3 Å². The van der Waals surface area contributed by atoms with E-state index < -0.39 is 0 Å². The van der Waals surface area contributed by atoms with Crippen LogP contribution in [0.5, 0.6) is 5.75 Å². The largest absolute Gasteiger partial charge is 0.485 e. The number of carbonyl (C=O) groups is 1. The topological polar surface area (TPSA) is 46.8 Å². The Balaban J connectivity index is 1.31. The van der Waals surface area contributed by atoms with E-state index in [0.717, 1.165) is 41.2 Å². The molecule has 0 N–H and O–H groups in total. The maximum Gasteiger partial charge on any atom is 0.223 e. The third kappa shape index (κ3) is 4.80. The molecule has 1 amide bonds. The number of imidazole rings is 1. The average molecular weight is 502 g/mol. The summed E-state index contributed by atoms with van der Waals surface area (Å²) in [5.41, 5.74) is 7.76. The zero-order valence-electron chi connectivity index (χ0n) is 21.6. The predicted molar refractivity (Wildman–Crippen MR) is 149 cm³/mol. The Labute approximate surface area is 223 Å². The van der Waals surface area contributed by atoms with Crippen molar-refractivity contribution >= 4 is 11.6 Å². The minimum absolute atomic E-state index is 0.125. The van der Waals surface area contributed by atoms with Crippen LogP contribution < -0.4 is 4.74 Å². The van der Waals surface area contributed by atoms with E-state index in [2.05, 4.69) is 65.9 Å². The standard InChI is InChI=1S/C33H31N3O2/c1-24-10-5-8-15-28(24)29(20-32(37)35-19-17-26-13-6-7-14-27(26)22-35)30-21-34-33-31(16-9-18-36(30)33)38-23-25-11-3-2-4-12-25/h2-16,18,21,29H,17,19-20,22-23H2,1H3. The summed E-state index contributed by atoms with van der Waals surface area (Å²) in [4.78, 5) is 20.5. The molecule has 0 bridgehead atoms. The van der Waals surface area contributed by atoms with Gasteiger partial charge >= 0.3 is 0 Å². The SMILES string of the molecule is Cc1ccccc1C(CC(=O)N1CCc2ccccc2C1)c1cnc2c(OCc3ccccc3)cccn12. The van der Waals surface area contributed by atoms with Crippen molar-refractivity contribution in [2.24, 2.45) is 0 Å². The van der Waals surface area contributed by atoms with E-state index in [0.29, 0.717) is 19.6 Å². The van der Waals surface area contributed by atoms with Gasteiger partial charge in [-0.15, -0.1) is 0 Å². The first-order valence-corrected chi connectivity index (χ1v) is 13.2. The number of aryl methyl sites for hydroxylation is 1. The Hall–Kier alpha value is -4.38. The van der Waals surface area contributed by atoms with Gasteiger partial charge < -0.3 is 14.0 Å². The van der Waals surface area contributed by atoms with Crippen molar-refractivity contribution in [2.75, 3.05) is 6.54 Å². The summed E-state index contributed by atoms with van der Waals surface area (Å²) in [6.45, 7) is 4.00. The van der Waals surface area contributed by atoms with Gasteiger partial charge in [0, 0.05) is 37.8 Å². The molecular formula is C33H31N3O2. The highest BCUT2D eigenvalue weighted by molar-refractivity contribution is 5.78. The highest BCUT2D eigenvalue weighted by Crippen LogP contribution is 2.34. The predicted octanol–water partition coefficient (Wildman–Crippen LogP) is 6.33. The maximum absolute atomic E-state index is 13.7. The van der Waals surface area contributed by atoms with E-state index in [1.165, 1.54) is 16.7 Å². The molecule has 1 aliphatic rings. The number of pyridine rings is 1. The summed E-state index contributed by atoms with van der Waals surface area (Å²) in [5.74, 6) is 0.768. The number of rotatable bonds is 7. The Kier molecular flexibility index (Phi) is 6.65. The van der Waals surface area contributed by atoms with Gasteiger partial charge in [-0.1, -0.05) is 78.9 Å². The summed E-state index contributed by atoms with van der Waals surface area (Å²) in [6.07, 6.45) is 5.20. The quantitative estimate of drug-likeness (QED) is 0.262. The Morgan fingerprint density at radius 2 is 1.68 bits per heavy atom. The third-order valence-electron chi connectivity index (χ3n) is 7.55. The first-order chi connectivity index (χ1) is 18.7. The molecule has 3 heterocycles. The lowest BCUT2D eigenvalue weighted by Crippen LogP contribution is -2.36. The molecule has 38 heavy (non-hydrogen) atoms. The molecule has 0 fully saturated rings. The van der Waals surface area contributed by atoms with Crippen molar-refractivity contribution in [3.8, 4) is 5.75 Å². The fourth-order valence-corrected chi connectivity index (χ4v) is 5.47. The third-order valence-corrected chi connectivity index (χ3v) is 7.55. The number of aromatic nitrogens is 2. The zero-order chi connectivity index (χ0) is 25.9. The van der Waals surface area contributed by atoms with Crippen molar-refractivity contribution < 1.29 is 9.53 Å². The minimum atomic E-state index is -0.125. The molecule has 1 aliphatic heterocycles. The first kappa shape index (κ1) is 24.0. The highest BCUT2D eigenvalue weighted by atomic mass is 16.5. The van der Waals surface area contributed by atoms with Gasteiger partial charge in [0.25, 0.3) is 0 Å². The van der Waals surface area contributed by atoms with Crippen molar-refractivity contribution in [1.82, 2.24) is 14.3 Å². The lowest BCUT2D eigenvalue weighted by Gasteiger charge is -2.30. The molecule has 5 heteroatoms. The molecule has 5 nitrogen and oxygen atoms in total. The average Bonchev–Trinajstić information content (AvgIpc) is 3.40. The second-order valence-electron chi connectivity index (χ2n) is 9.97. The summed E-state index contributed by atoms with van der Waals surface area (Å²) >= 11 is 0. The van der Waals surface area contributed by atoms with Crippen molar-refractivity contribution in [3.63, 3.8) is 0 Å². The van der Waals surface area contributed by atoms with Gasteiger partial charge in [0.2, 0.25) is 5.91 Å². The van der Waals surface area contributed by atoms with Crippen LogP contribution in [-0.4, -0.2) is 26.7 Å². The van der Waals surface area contributed by atoms with Gasteiger partial charge in [-0.25, -0.2) is 4.98 Å². The van der Waals surface area contributed by atoms with Gasteiger partial charge in [-0.2, -0.15) is 0 Å². The number of amides is 1. The number of hydrogen-bond donors (Lipinski definition) is 0. The summed E-state index contributed by atoms with van der Waals surface area (Å²) in [5, 5.41) is 0. The van der Waals surface area contributed by atoms with Crippen LogP contribution in [0.3, 0.4) is 0 Å². The molecule has 0 saturated heterocycles. The molecule has 5 aromatic rings. The van der Waals surface area contributed by atoms with Crippen LogP contribution in [0.2, 0.25) is 0 Å². The number of nitrogens with zero attached hydrogens (tertiary/aromatic N) is 3. The molecule has 1 atom stereocenters. The minimum Gasteiger partial charge on any atom is -0.485 e. The second kappa shape index (κ2) is 10.5. The number of benzene rings is 3. The van der Waals surface area contributed by atoms with E-state index in [1.54, 1.807) is 0 Å². The molecule has 6 rings (SSSR count). The lowest BCUT2D eigenvalue weighted by molar-refractivity contribution is -0.132. The van der Waals surface area contributed by atoms with E-state index in [1.807, 2.05) is 53.7 Å². The van der Waals surface area contributed by atoms with Crippen LogP contribution in [0.15, 0.2) is 103 Å². The fourth-order valence-electron chi connectivity index (χ4n) is 5.47. The number of ether oxygens (including phenoxy) is 1. The van der Waals surface area contributed by atoms with Gasteiger partial charge in [0.05, 0.1) is 5.69 Å². The molecule has 3 aromatic carbocycles. The van der Waals surface area contributed by atoms with Crippen molar-refractivity contribution in [1.29, 1.82) is 0 Å². The molecule has 0 radical (unpaired) electrons. The fraction of sp³-hybridized carbons (Fsp3) is 0.212. The van der Waals surface area contributed by atoms with Gasteiger partial charge in [-0.3, -0.25) is 4.79 Å². The Morgan fingerprint density at radius 1 is 0.921 bits per heavy atom. The normalized spacial score (nSPS) is 13.8. The molecule has 0 saturated carbocycles. The van der Waals surface area contributed by atoms with Crippen LogP contribution >= 0.6 is 0 Å². The highest BCUT2D eigenvalue weighted by Gasteiger charge is 2.28. The molecule has 1 unspecified atom stereocenters. The van der Waals surface area contributed by atoms with E-state index >= 15 is 0 Å². The first-order valence-electron chi connectivity index (χ1n) is 13.2. The zero-order valence-corrected chi connectivity index (χ0v) is 21.6. The van der Waals surface area contributed by atoms with E-state index in [-0.39, 0.29) is 11.8 Å². The monoisotopic (exact) mass is 501 g/mol. The molecular weight excluding hydrogens is 470 g/mol. The summed E-state index contributed by atoms with van der Waals surface area (Å²) < 4.78 is 8.26. The van der Waals surface area contributed by atoms with Crippen molar-refractivity contribution in [3.05, 3.63) is 137 Å². The van der Waals surface area contributed by atoms with Crippen LogP contribution in [0.4, 0.5) is 0 Å². The van der Waals surface area contributed by atoms with Gasteiger partial charge in [0.15, 0.2) is 11.4 Å². The number of carbonyl (C=O) groups excluding carboxylic acids is 1. The second-order valence-corrected chi connectivity index (χ2v) is 9.97. The lowest BCUT2D eigenvalue weighted by atomic mass is 9.88. The Bertz CT molecular complexity index is 1570. The Morgan fingerprint density at radius 3 is 2.53 bits per heavy atom. The van der Waals surface area contributed by atoms with Crippen molar-refractivity contribution in [2.45, 2.75) is 38.8 Å². The number of fused-ring (bicyclic) bond motifs is 2. The van der Waals surface area contributed by atoms with E-state index in [4.69, 9.17) is 9.72 Å². The van der Waals surface area contributed by atoms with Gasteiger partial charge in [0.1, 0.15) is 6.61 Å². The van der Waals surface area contributed by atoms with E-state index in [9.17, 15) is 4.79 Å². The molecule has 2 aromatic heterocycles.